The molecule has 0 amide bonds. The second-order valence-corrected chi connectivity index (χ2v) is 8.30. The molecule has 0 aliphatic carbocycles. The van der Waals surface area contributed by atoms with Gasteiger partial charge in [0.15, 0.2) is 5.78 Å². The highest BCUT2D eigenvalue weighted by molar-refractivity contribution is 7.92. The third-order valence-corrected chi connectivity index (χ3v) is 6.40. The number of benzene rings is 1. The largest absolute Gasteiger partial charge is 0.292 e. The monoisotopic (exact) mass is 367 g/mol. The lowest BCUT2D eigenvalue weighted by molar-refractivity contribution is 0.0983. The van der Waals surface area contributed by atoms with Crippen molar-refractivity contribution in [3.63, 3.8) is 0 Å². The standard InChI is InChI=1S/C19H17N3O3S/c1-3-18(23)16-6-4-13-9-20-10-15(19(13)21-16)12-5-7-17-14(8-12)11-26(24,25)22(17)2/h4-10H,3,11H2,1-2H3. The summed E-state index contributed by atoms with van der Waals surface area (Å²) < 4.78 is 25.5. The minimum absolute atomic E-state index is 0.0160. The summed E-state index contributed by atoms with van der Waals surface area (Å²) in [7, 11) is -1.73. The van der Waals surface area contributed by atoms with Gasteiger partial charge < -0.3 is 0 Å². The third-order valence-electron chi connectivity index (χ3n) is 4.69. The summed E-state index contributed by atoms with van der Waals surface area (Å²) in [5.41, 5.74) is 4.17. The summed E-state index contributed by atoms with van der Waals surface area (Å²) in [5.74, 6) is -0.0333. The van der Waals surface area contributed by atoms with Crippen LogP contribution < -0.4 is 4.31 Å². The van der Waals surface area contributed by atoms with Gasteiger partial charge in [-0.1, -0.05) is 13.0 Å². The van der Waals surface area contributed by atoms with Crippen molar-refractivity contribution in [3.8, 4) is 11.1 Å². The van der Waals surface area contributed by atoms with Crippen LogP contribution in [-0.4, -0.2) is 31.2 Å². The van der Waals surface area contributed by atoms with Gasteiger partial charge in [0.05, 0.1) is 17.0 Å². The molecule has 0 spiro atoms. The molecule has 4 rings (SSSR count). The minimum Gasteiger partial charge on any atom is -0.292 e. The Morgan fingerprint density at radius 3 is 2.77 bits per heavy atom. The molecule has 0 unspecified atom stereocenters. The van der Waals surface area contributed by atoms with Gasteiger partial charge in [-0.3, -0.25) is 14.1 Å². The lowest BCUT2D eigenvalue weighted by Gasteiger charge is -2.12. The molecule has 6 nitrogen and oxygen atoms in total. The molecule has 3 aromatic rings. The van der Waals surface area contributed by atoms with Crippen molar-refractivity contribution in [1.29, 1.82) is 0 Å². The van der Waals surface area contributed by atoms with Crippen molar-refractivity contribution in [2.24, 2.45) is 0 Å². The Labute approximate surface area is 151 Å². The quantitative estimate of drug-likeness (QED) is 0.664. The number of nitrogens with zero attached hydrogens (tertiary/aromatic N) is 3. The van der Waals surface area contributed by atoms with Crippen molar-refractivity contribution in [2.45, 2.75) is 19.1 Å². The van der Waals surface area contributed by atoms with Crippen molar-refractivity contribution in [1.82, 2.24) is 9.97 Å². The van der Waals surface area contributed by atoms with Gasteiger partial charge in [-0.05, 0) is 35.4 Å². The molecule has 0 N–H and O–H groups in total. The van der Waals surface area contributed by atoms with Crippen molar-refractivity contribution >= 4 is 32.4 Å². The van der Waals surface area contributed by atoms with E-state index in [0.717, 1.165) is 22.1 Å². The molecule has 1 aliphatic rings. The molecular formula is C19H17N3O3S. The lowest BCUT2D eigenvalue weighted by atomic mass is 10.0. The zero-order chi connectivity index (χ0) is 18.5. The van der Waals surface area contributed by atoms with Crippen molar-refractivity contribution in [2.75, 3.05) is 11.4 Å². The zero-order valence-electron chi connectivity index (χ0n) is 14.4. The summed E-state index contributed by atoms with van der Waals surface area (Å²) in [6.07, 6.45) is 3.80. The number of carbonyl (C=O) groups is 1. The van der Waals surface area contributed by atoms with Gasteiger partial charge in [-0.2, -0.15) is 0 Å². The highest BCUT2D eigenvalue weighted by atomic mass is 32.2. The molecule has 0 radical (unpaired) electrons. The van der Waals surface area contributed by atoms with E-state index in [1.165, 1.54) is 4.31 Å². The van der Waals surface area contributed by atoms with E-state index in [-0.39, 0.29) is 11.5 Å². The fourth-order valence-electron chi connectivity index (χ4n) is 3.21. The summed E-state index contributed by atoms with van der Waals surface area (Å²) >= 11 is 0. The Bertz CT molecular complexity index is 1160. The maximum atomic E-state index is 12.1. The van der Waals surface area contributed by atoms with Crippen LogP contribution in [0.2, 0.25) is 0 Å². The number of anilines is 1. The van der Waals surface area contributed by atoms with E-state index in [1.807, 2.05) is 18.2 Å². The summed E-state index contributed by atoms with van der Waals surface area (Å²) in [4.78, 5) is 20.8. The zero-order valence-corrected chi connectivity index (χ0v) is 15.2. The number of aromatic nitrogens is 2. The highest BCUT2D eigenvalue weighted by Gasteiger charge is 2.30. The van der Waals surface area contributed by atoms with E-state index in [0.29, 0.717) is 23.3 Å². The van der Waals surface area contributed by atoms with Gasteiger partial charge in [0.25, 0.3) is 0 Å². The normalized spacial score (nSPS) is 15.2. The lowest BCUT2D eigenvalue weighted by Crippen LogP contribution is -2.20. The van der Waals surface area contributed by atoms with Gasteiger partial charge in [-0.25, -0.2) is 13.4 Å². The molecule has 0 bridgehead atoms. The topological polar surface area (TPSA) is 80.2 Å². The van der Waals surface area contributed by atoms with Crippen LogP contribution in [0.15, 0.2) is 42.7 Å². The van der Waals surface area contributed by atoms with Crippen molar-refractivity contribution < 1.29 is 13.2 Å². The number of hydrogen-bond donors (Lipinski definition) is 0. The van der Waals surface area contributed by atoms with E-state index < -0.39 is 10.0 Å². The van der Waals surface area contributed by atoms with Crippen LogP contribution in [0.1, 0.15) is 29.4 Å². The molecule has 3 heterocycles. The number of hydrogen-bond acceptors (Lipinski definition) is 5. The average molecular weight is 367 g/mol. The number of Topliss-reactive ketones (excluding diaryl/α,β-unsaturated/α-hetero) is 1. The molecule has 132 valence electrons. The summed E-state index contributed by atoms with van der Waals surface area (Å²) in [5, 5.41) is 0.834. The number of rotatable bonds is 3. The fourth-order valence-corrected chi connectivity index (χ4v) is 4.51. The first-order valence-corrected chi connectivity index (χ1v) is 9.89. The van der Waals surface area contributed by atoms with Crippen LogP contribution >= 0.6 is 0 Å². The molecule has 0 saturated carbocycles. The molecule has 2 aromatic heterocycles. The number of pyridine rings is 2. The van der Waals surface area contributed by atoms with Crippen LogP contribution in [0.4, 0.5) is 5.69 Å². The smallest absolute Gasteiger partial charge is 0.239 e. The number of ketones is 1. The Balaban J connectivity index is 1.89. The number of fused-ring (bicyclic) bond motifs is 2. The molecule has 0 atom stereocenters. The molecule has 0 fully saturated rings. The number of carbonyl (C=O) groups excluding carboxylic acids is 1. The highest BCUT2D eigenvalue weighted by Crippen LogP contribution is 2.36. The first kappa shape index (κ1) is 16.7. The average Bonchev–Trinajstić information content (AvgIpc) is 2.88. The Kier molecular flexibility index (Phi) is 3.77. The van der Waals surface area contributed by atoms with Gasteiger partial charge in [0.1, 0.15) is 5.69 Å². The Hall–Kier alpha value is -2.80. The fraction of sp³-hybridized carbons (Fsp3) is 0.211. The third kappa shape index (κ3) is 2.55. The number of sulfonamides is 1. The van der Waals surface area contributed by atoms with Crippen molar-refractivity contribution in [3.05, 3.63) is 54.0 Å². The van der Waals surface area contributed by atoms with E-state index in [4.69, 9.17) is 0 Å². The van der Waals surface area contributed by atoms with Crippen LogP contribution in [0.25, 0.3) is 22.0 Å². The van der Waals surface area contributed by atoms with Crippen LogP contribution in [0.5, 0.6) is 0 Å². The van der Waals surface area contributed by atoms with Gasteiger partial charge in [-0.15, -0.1) is 0 Å². The van der Waals surface area contributed by atoms with Gasteiger partial charge in [0, 0.05) is 36.8 Å². The predicted molar refractivity (Wildman–Crippen MR) is 101 cm³/mol. The van der Waals surface area contributed by atoms with Crippen LogP contribution in [-0.2, 0) is 15.8 Å². The SMILES string of the molecule is CCC(=O)c1ccc2cncc(-c3ccc4c(c3)CS(=O)(=O)N4C)c2n1. The molecular weight excluding hydrogens is 350 g/mol. The maximum Gasteiger partial charge on any atom is 0.239 e. The predicted octanol–water partition coefficient (Wildman–Crippen LogP) is 3.17. The second kappa shape index (κ2) is 5.88. The molecule has 1 aromatic carbocycles. The minimum atomic E-state index is -3.29. The first-order chi connectivity index (χ1) is 12.4. The van der Waals surface area contributed by atoms with E-state index in [9.17, 15) is 13.2 Å². The summed E-state index contributed by atoms with van der Waals surface area (Å²) in [6.45, 7) is 1.80. The van der Waals surface area contributed by atoms with Crippen LogP contribution in [0, 0.1) is 0 Å². The molecule has 7 heteroatoms. The Morgan fingerprint density at radius 2 is 2.00 bits per heavy atom. The molecule has 1 aliphatic heterocycles. The van der Waals surface area contributed by atoms with Crippen LogP contribution in [0.3, 0.4) is 0 Å². The first-order valence-electron chi connectivity index (χ1n) is 8.28. The van der Waals surface area contributed by atoms with E-state index >= 15 is 0 Å². The van der Waals surface area contributed by atoms with E-state index in [2.05, 4.69) is 9.97 Å². The maximum absolute atomic E-state index is 12.1. The molecule has 0 saturated heterocycles. The van der Waals surface area contributed by atoms with Gasteiger partial charge >= 0.3 is 0 Å². The second-order valence-electron chi connectivity index (χ2n) is 6.30. The molecule has 26 heavy (non-hydrogen) atoms. The Morgan fingerprint density at radius 1 is 1.19 bits per heavy atom. The van der Waals surface area contributed by atoms with E-state index in [1.54, 1.807) is 38.5 Å². The van der Waals surface area contributed by atoms with Gasteiger partial charge in [0.2, 0.25) is 10.0 Å². The summed E-state index contributed by atoms with van der Waals surface area (Å²) in [6, 6.07) is 9.08.